The number of likely N-dealkylation sites (N-methyl/N-ethyl adjacent to an activating group) is 1. The van der Waals surface area contributed by atoms with Crippen LogP contribution in [0.25, 0.3) is 6.08 Å². The summed E-state index contributed by atoms with van der Waals surface area (Å²) in [5.74, 6) is 0.637. The van der Waals surface area contributed by atoms with Crippen LogP contribution >= 0.6 is 0 Å². The number of carbonyl (C=O) groups is 1. The summed E-state index contributed by atoms with van der Waals surface area (Å²) in [5, 5.41) is 0. The number of carbonyl (C=O) groups excluding carboxylic acids is 1. The number of hydrogen-bond acceptors (Lipinski definition) is 3. The molecule has 136 valence electrons. The van der Waals surface area contributed by atoms with Gasteiger partial charge in [-0.05, 0) is 38.0 Å². The van der Waals surface area contributed by atoms with Crippen LogP contribution in [-0.4, -0.2) is 73.0 Å². The van der Waals surface area contributed by atoms with Gasteiger partial charge in [0.1, 0.15) is 0 Å². The van der Waals surface area contributed by atoms with E-state index in [1.54, 1.807) is 0 Å². The molecular formula is C21H31N3O. The highest BCUT2D eigenvalue weighted by atomic mass is 16.2. The van der Waals surface area contributed by atoms with Crippen molar-refractivity contribution in [2.75, 3.05) is 52.4 Å². The number of hydrogen-bond donors (Lipinski definition) is 0. The summed E-state index contributed by atoms with van der Waals surface area (Å²) in [6, 6.07) is 10.4. The van der Waals surface area contributed by atoms with Gasteiger partial charge in [-0.3, -0.25) is 9.69 Å². The van der Waals surface area contributed by atoms with E-state index in [0.717, 1.165) is 65.2 Å². The first-order chi connectivity index (χ1) is 12.3. The Kier molecular flexibility index (Phi) is 6.65. The van der Waals surface area contributed by atoms with E-state index in [1.165, 1.54) is 5.56 Å². The normalized spacial score (nSPS) is 21.1. The number of rotatable bonds is 5. The van der Waals surface area contributed by atoms with Crippen molar-refractivity contribution in [2.24, 2.45) is 5.92 Å². The fraction of sp³-hybridized carbons (Fsp3) is 0.571. The minimum atomic E-state index is 0.238. The first-order valence-electron chi connectivity index (χ1n) is 9.71. The zero-order chi connectivity index (χ0) is 17.5. The van der Waals surface area contributed by atoms with E-state index in [0.29, 0.717) is 5.91 Å². The molecule has 2 saturated heterocycles. The standard InChI is InChI=1S/C21H31N3O/c1-2-22-15-17-24(18-16-22)21(25)20-10-13-23(14-11-20)12-6-9-19-7-4-3-5-8-19/h3-9,20H,2,10-18H2,1H3. The molecule has 1 aromatic rings. The van der Waals surface area contributed by atoms with Gasteiger partial charge in [0.25, 0.3) is 0 Å². The summed E-state index contributed by atoms with van der Waals surface area (Å²) in [7, 11) is 0. The Morgan fingerprint density at radius 3 is 2.32 bits per heavy atom. The van der Waals surface area contributed by atoms with Crippen molar-refractivity contribution in [3.63, 3.8) is 0 Å². The molecular weight excluding hydrogens is 310 g/mol. The molecule has 2 fully saturated rings. The molecule has 2 aliphatic heterocycles. The van der Waals surface area contributed by atoms with Gasteiger partial charge in [-0.15, -0.1) is 0 Å². The lowest BCUT2D eigenvalue weighted by molar-refractivity contribution is -0.138. The summed E-state index contributed by atoms with van der Waals surface area (Å²) in [6.45, 7) is 10.2. The second-order valence-electron chi connectivity index (χ2n) is 7.15. The topological polar surface area (TPSA) is 26.8 Å². The van der Waals surface area contributed by atoms with Crippen LogP contribution in [0.4, 0.5) is 0 Å². The van der Waals surface area contributed by atoms with Crippen molar-refractivity contribution in [3.05, 3.63) is 42.0 Å². The van der Waals surface area contributed by atoms with E-state index < -0.39 is 0 Å². The SMILES string of the molecule is CCN1CCN(C(=O)C2CCN(CC=Cc3ccccc3)CC2)CC1. The molecule has 0 saturated carbocycles. The maximum Gasteiger partial charge on any atom is 0.225 e. The van der Waals surface area contributed by atoms with Crippen molar-refractivity contribution in [2.45, 2.75) is 19.8 Å². The average molecular weight is 341 g/mol. The molecule has 1 aromatic carbocycles. The smallest absolute Gasteiger partial charge is 0.225 e. The molecule has 4 heteroatoms. The van der Waals surface area contributed by atoms with Gasteiger partial charge in [0.2, 0.25) is 5.91 Å². The molecule has 2 aliphatic rings. The summed E-state index contributed by atoms with van der Waals surface area (Å²) in [5.41, 5.74) is 1.25. The number of benzene rings is 1. The maximum absolute atomic E-state index is 12.7. The van der Waals surface area contributed by atoms with Crippen LogP contribution in [0.3, 0.4) is 0 Å². The van der Waals surface area contributed by atoms with Crippen LogP contribution in [0.15, 0.2) is 36.4 Å². The Labute approximate surface area is 152 Å². The molecule has 0 N–H and O–H groups in total. The minimum Gasteiger partial charge on any atom is -0.340 e. The molecule has 0 unspecified atom stereocenters. The van der Waals surface area contributed by atoms with Crippen LogP contribution in [0.1, 0.15) is 25.3 Å². The molecule has 25 heavy (non-hydrogen) atoms. The van der Waals surface area contributed by atoms with Crippen molar-refractivity contribution in [3.8, 4) is 0 Å². The van der Waals surface area contributed by atoms with Gasteiger partial charge in [0, 0.05) is 38.6 Å². The Hall–Kier alpha value is -1.65. The number of likely N-dealkylation sites (tertiary alicyclic amines) is 1. The molecule has 0 aliphatic carbocycles. The van der Waals surface area contributed by atoms with E-state index in [2.05, 4.69) is 58.0 Å². The Morgan fingerprint density at radius 1 is 1.00 bits per heavy atom. The summed E-state index contributed by atoms with van der Waals surface area (Å²) in [6.07, 6.45) is 6.43. The highest BCUT2D eigenvalue weighted by molar-refractivity contribution is 5.79. The lowest BCUT2D eigenvalue weighted by Gasteiger charge is -2.38. The van der Waals surface area contributed by atoms with Crippen LogP contribution < -0.4 is 0 Å². The Bertz CT molecular complexity index is 556. The number of piperidine rings is 1. The third-order valence-corrected chi connectivity index (χ3v) is 5.54. The summed E-state index contributed by atoms with van der Waals surface area (Å²) >= 11 is 0. The second-order valence-corrected chi connectivity index (χ2v) is 7.15. The Morgan fingerprint density at radius 2 is 1.68 bits per heavy atom. The molecule has 0 radical (unpaired) electrons. The lowest BCUT2D eigenvalue weighted by atomic mass is 9.95. The van der Waals surface area contributed by atoms with Gasteiger partial charge in [0.15, 0.2) is 0 Å². The molecule has 0 spiro atoms. The number of piperazine rings is 1. The summed E-state index contributed by atoms with van der Waals surface area (Å²) < 4.78 is 0. The van der Waals surface area contributed by atoms with Crippen LogP contribution in [-0.2, 0) is 4.79 Å². The van der Waals surface area contributed by atoms with E-state index in [1.807, 2.05) is 6.07 Å². The molecule has 0 aromatic heterocycles. The zero-order valence-corrected chi connectivity index (χ0v) is 15.4. The van der Waals surface area contributed by atoms with E-state index in [-0.39, 0.29) is 5.92 Å². The number of amides is 1. The van der Waals surface area contributed by atoms with Crippen molar-refractivity contribution >= 4 is 12.0 Å². The van der Waals surface area contributed by atoms with E-state index in [9.17, 15) is 4.79 Å². The molecule has 1 amide bonds. The predicted molar refractivity (Wildman–Crippen MR) is 103 cm³/mol. The maximum atomic E-state index is 12.7. The second kappa shape index (κ2) is 9.16. The van der Waals surface area contributed by atoms with E-state index in [4.69, 9.17) is 0 Å². The fourth-order valence-electron chi connectivity index (χ4n) is 3.81. The van der Waals surface area contributed by atoms with Gasteiger partial charge >= 0.3 is 0 Å². The lowest BCUT2D eigenvalue weighted by Crippen LogP contribution is -2.51. The van der Waals surface area contributed by atoms with Crippen LogP contribution in [0.5, 0.6) is 0 Å². The average Bonchev–Trinajstić information content (AvgIpc) is 2.69. The third-order valence-electron chi connectivity index (χ3n) is 5.54. The zero-order valence-electron chi connectivity index (χ0n) is 15.4. The van der Waals surface area contributed by atoms with Gasteiger partial charge < -0.3 is 9.80 Å². The van der Waals surface area contributed by atoms with Gasteiger partial charge in [0.05, 0.1) is 0 Å². The van der Waals surface area contributed by atoms with Gasteiger partial charge in [-0.1, -0.05) is 49.4 Å². The van der Waals surface area contributed by atoms with Crippen molar-refractivity contribution < 1.29 is 4.79 Å². The van der Waals surface area contributed by atoms with Crippen molar-refractivity contribution in [1.29, 1.82) is 0 Å². The molecule has 4 nitrogen and oxygen atoms in total. The van der Waals surface area contributed by atoms with Crippen LogP contribution in [0.2, 0.25) is 0 Å². The molecule has 2 heterocycles. The predicted octanol–water partition coefficient (Wildman–Crippen LogP) is 2.58. The van der Waals surface area contributed by atoms with Gasteiger partial charge in [-0.2, -0.15) is 0 Å². The third kappa shape index (κ3) is 5.16. The molecule has 0 bridgehead atoms. The van der Waals surface area contributed by atoms with Gasteiger partial charge in [-0.25, -0.2) is 0 Å². The molecule has 3 rings (SSSR count). The first kappa shape index (κ1) is 18.2. The Balaban J connectivity index is 1.39. The largest absolute Gasteiger partial charge is 0.340 e. The first-order valence-corrected chi connectivity index (χ1v) is 9.71. The quantitative estimate of drug-likeness (QED) is 0.824. The fourth-order valence-corrected chi connectivity index (χ4v) is 3.81. The van der Waals surface area contributed by atoms with E-state index >= 15 is 0 Å². The highest BCUT2D eigenvalue weighted by Gasteiger charge is 2.29. The summed E-state index contributed by atoms with van der Waals surface area (Å²) in [4.78, 5) is 19.7. The van der Waals surface area contributed by atoms with Crippen molar-refractivity contribution in [1.82, 2.24) is 14.7 Å². The number of nitrogens with zero attached hydrogens (tertiary/aromatic N) is 3. The van der Waals surface area contributed by atoms with Crippen LogP contribution in [0, 0.1) is 5.92 Å². The monoisotopic (exact) mass is 341 g/mol. The minimum absolute atomic E-state index is 0.238. The molecule has 0 atom stereocenters. The highest BCUT2D eigenvalue weighted by Crippen LogP contribution is 2.20.